The van der Waals surface area contributed by atoms with Gasteiger partial charge in [0.2, 0.25) is 0 Å². The van der Waals surface area contributed by atoms with Crippen LogP contribution in [0.1, 0.15) is 470 Å². The Hall–Kier alpha value is 0. The third-order valence-corrected chi connectivity index (χ3v) is 22.1. The van der Waals surface area contributed by atoms with E-state index in [0.717, 1.165) is 11.8 Å². The van der Waals surface area contributed by atoms with Crippen LogP contribution in [0.25, 0.3) is 0 Å². The fraction of sp³-hybridized carbons (Fsp3) is 1.00. The lowest BCUT2D eigenvalue weighted by atomic mass is 9.71. The molecule has 15 aliphatic carbocycles. The predicted molar refractivity (Wildman–Crippen MR) is 413 cm³/mol. The highest BCUT2D eigenvalue weighted by Gasteiger charge is 2.59. The van der Waals surface area contributed by atoms with Crippen LogP contribution in [0.15, 0.2) is 0 Å². The lowest BCUT2D eigenvalue weighted by Gasteiger charge is -2.35. The van der Waals surface area contributed by atoms with Crippen LogP contribution in [0.3, 0.4) is 0 Å². The Morgan fingerprint density at radius 1 is 0.126 bits per heavy atom. The second-order valence-electron chi connectivity index (χ2n) is 25.2. The topological polar surface area (TPSA) is 0 Å². The highest BCUT2D eigenvalue weighted by atomic mass is 14.6. The number of hydrogen-bond acceptors (Lipinski definition) is 0. The second kappa shape index (κ2) is 75.0. The third kappa shape index (κ3) is 38.8. The van der Waals surface area contributed by atoms with Crippen molar-refractivity contribution in [2.45, 2.75) is 470 Å². The Balaban J connectivity index is -0.000000208. The smallest absolute Gasteiger partial charge is 0.0323 e. The van der Waals surface area contributed by atoms with E-state index in [1.54, 1.807) is 161 Å². The van der Waals surface area contributed by atoms with Crippen LogP contribution in [0.2, 0.25) is 0 Å². The molecule has 0 aromatic carbocycles. The molecule has 0 heteroatoms. The number of rotatable bonds is 0. The Morgan fingerprint density at radius 3 is 0.494 bits per heavy atom. The molecule has 15 rings (SSSR count). The van der Waals surface area contributed by atoms with Gasteiger partial charge >= 0.3 is 0 Å². The van der Waals surface area contributed by atoms with Gasteiger partial charge in [0.05, 0.1) is 0 Å². The molecule has 0 radical (unpaired) electrons. The minimum absolute atomic E-state index is 1.16. The molecule has 10 unspecified atom stereocenters. The normalized spacial score (nSPS) is 32.7. The molecule has 534 valence electrons. The summed E-state index contributed by atoms with van der Waals surface area (Å²) in [5.74, 6) is 19.1. The molecular weight excluding hydrogens is 1040 g/mol. The molecule has 0 saturated heterocycles. The Kier molecular flexibility index (Phi) is 84.6. The lowest BCUT2D eigenvalue weighted by Crippen LogP contribution is -2.27. The molecule has 0 aliphatic heterocycles. The number of fused-ring (bicyclic) bond motifs is 18. The maximum absolute atomic E-state index is 2.00. The molecular formula is C87H186. The van der Waals surface area contributed by atoms with Crippen molar-refractivity contribution in [1.82, 2.24) is 0 Å². The lowest BCUT2D eigenvalue weighted by molar-refractivity contribution is 0.146. The molecule has 8 bridgehead atoms. The van der Waals surface area contributed by atoms with Gasteiger partial charge < -0.3 is 0 Å². The minimum atomic E-state index is 1.16. The van der Waals surface area contributed by atoms with Crippen LogP contribution < -0.4 is 0 Å². The highest BCUT2D eigenvalue weighted by Crippen LogP contribution is 2.67. The summed E-state index contributed by atoms with van der Waals surface area (Å²) in [7, 11) is 0. The van der Waals surface area contributed by atoms with Gasteiger partial charge in [0, 0.05) is 0 Å². The van der Waals surface area contributed by atoms with Crippen molar-refractivity contribution in [3.63, 3.8) is 0 Å². The van der Waals surface area contributed by atoms with Crippen molar-refractivity contribution in [3.05, 3.63) is 0 Å². The van der Waals surface area contributed by atoms with Gasteiger partial charge in [0.15, 0.2) is 0 Å². The van der Waals surface area contributed by atoms with Crippen LogP contribution in [0.4, 0.5) is 0 Å². The third-order valence-electron chi connectivity index (χ3n) is 22.1. The van der Waals surface area contributed by atoms with Crippen molar-refractivity contribution in [2.24, 2.45) is 94.7 Å². The summed E-state index contributed by atoms with van der Waals surface area (Å²) in [6.07, 6.45) is 66.8. The first kappa shape index (κ1) is 98.1. The first-order chi connectivity index (χ1) is 43.3. The van der Waals surface area contributed by atoms with E-state index in [2.05, 4.69) is 0 Å². The first-order valence-electron chi connectivity index (χ1n) is 43.3. The average molecular weight is 1230 g/mol. The molecule has 15 aliphatic rings. The first-order valence-corrected chi connectivity index (χ1v) is 43.3. The molecule has 0 aromatic heterocycles. The van der Waals surface area contributed by atoms with Crippen molar-refractivity contribution in [1.29, 1.82) is 0 Å². The second-order valence-corrected chi connectivity index (χ2v) is 25.2. The largest absolute Gasteiger partial charge is 0.0683 e. The monoisotopic (exact) mass is 1230 g/mol. The Bertz CT molecular complexity index is 1040. The molecule has 15 fully saturated rings. The summed E-state index contributed by atoms with van der Waals surface area (Å²) in [4.78, 5) is 0. The quantitative estimate of drug-likeness (QED) is 0.212. The standard InChI is InChI=1S/C12H18.C10H16.C10H18.C9H16.C7H12.C6H12.C5H10.14C2H6/c1-2-8-5-7(1)11-9-3-4-10(6-9)12(8)11;1-2-9-7-4-5-8(6-7)10(9)3-1;1-2-6-10-8-4-3-7-9(10)5-1;1-2-5-9-7-3-6-8(9)4-1;1-2-7-4-3-6(1)5-7;1-2-4-6-5-3-1;1-2-4-5-3-1;14*1-2/h7-12H,1-6H2;7-10H,1-6H2;9-10H,1-8H2;8-9H,1-7H2;6-7H,1-5H2;1-6H2;1-5H2;14*1-2H3. The van der Waals surface area contributed by atoms with Crippen molar-refractivity contribution in [2.75, 3.05) is 0 Å². The van der Waals surface area contributed by atoms with Gasteiger partial charge in [0.25, 0.3) is 0 Å². The maximum Gasteiger partial charge on any atom is -0.0323 e. The summed E-state index contributed by atoms with van der Waals surface area (Å²) >= 11 is 0. The van der Waals surface area contributed by atoms with E-state index in [1.807, 2.05) is 194 Å². The van der Waals surface area contributed by atoms with E-state index in [9.17, 15) is 0 Å². The van der Waals surface area contributed by atoms with Gasteiger partial charge in [-0.1, -0.05) is 393 Å². The summed E-state index contributed by atoms with van der Waals surface area (Å²) in [5, 5.41) is 0. The highest BCUT2D eigenvalue weighted by molar-refractivity contribution is 5.08. The zero-order valence-electron chi connectivity index (χ0n) is 67.6. The van der Waals surface area contributed by atoms with Crippen LogP contribution >= 0.6 is 0 Å². The van der Waals surface area contributed by atoms with Crippen molar-refractivity contribution in [3.8, 4) is 0 Å². The van der Waals surface area contributed by atoms with E-state index < -0.39 is 0 Å². The van der Waals surface area contributed by atoms with Gasteiger partial charge in [-0.05, 0) is 172 Å². The maximum atomic E-state index is 2.00. The van der Waals surface area contributed by atoms with Gasteiger partial charge in [-0.3, -0.25) is 0 Å². The van der Waals surface area contributed by atoms with E-state index >= 15 is 0 Å². The molecule has 0 N–H and O–H groups in total. The molecule has 87 heavy (non-hydrogen) atoms. The Morgan fingerprint density at radius 2 is 0.299 bits per heavy atom. The Labute approximate surface area is 561 Å². The van der Waals surface area contributed by atoms with Crippen LogP contribution in [-0.4, -0.2) is 0 Å². The van der Waals surface area contributed by atoms with E-state index in [0.29, 0.717) is 0 Å². The van der Waals surface area contributed by atoms with Crippen LogP contribution in [0, 0.1) is 94.7 Å². The fourth-order valence-corrected chi connectivity index (χ4v) is 19.2. The molecule has 10 atom stereocenters. The van der Waals surface area contributed by atoms with Crippen molar-refractivity contribution < 1.29 is 0 Å². The SMILES string of the molecule is C1CC2C3CCC(C3)C2C1.C1CC2CC1C1C3CCC(C3)C21.C1CC2CCC1C2.C1CCC2CCCC2C1.C1CCC2CCCCC2C1.C1CCCC1.C1CCCCC1.CC.CC.CC.CC.CC.CC.CC.CC.CC.CC.CC.CC.CC.CC. The van der Waals surface area contributed by atoms with Gasteiger partial charge in [0.1, 0.15) is 0 Å². The molecule has 0 spiro atoms. The molecule has 0 amide bonds. The van der Waals surface area contributed by atoms with Crippen LogP contribution in [0.5, 0.6) is 0 Å². The number of hydrogen-bond donors (Lipinski definition) is 0. The molecule has 0 heterocycles. The zero-order chi connectivity index (χ0) is 67.6. The summed E-state index contributed by atoms with van der Waals surface area (Å²) in [6, 6.07) is 0. The van der Waals surface area contributed by atoms with E-state index in [1.165, 1.54) is 198 Å². The summed E-state index contributed by atoms with van der Waals surface area (Å²) < 4.78 is 0. The predicted octanol–water partition coefficient (Wildman–Crippen LogP) is 33.1. The van der Waals surface area contributed by atoms with E-state index in [-0.39, 0.29) is 0 Å². The summed E-state index contributed by atoms with van der Waals surface area (Å²) in [5.41, 5.74) is 0. The van der Waals surface area contributed by atoms with E-state index in [4.69, 9.17) is 0 Å². The van der Waals surface area contributed by atoms with Gasteiger partial charge in [-0.15, -0.1) is 0 Å². The van der Waals surface area contributed by atoms with Gasteiger partial charge in [-0.25, -0.2) is 0 Å². The van der Waals surface area contributed by atoms with Crippen LogP contribution in [-0.2, 0) is 0 Å². The molecule has 15 saturated carbocycles. The molecule has 0 nitrogen and oxygen atoms in total. The average Bonchev–Trinajstić information content (AvgIpc) is 1.83. The molecule has 0 aromatic rings. The van der Waals surface area contributed by atoms with Gasteiger partial charge in [-0.2, -0.15) is 0 Å². The fourth-order valence-electron chi connectivity index (χ4n) is 19.2. The minimum Gasteiger partial charge on any atom is -0.0683 e. The zero-order valence-corrected chi connectivity index (χ0v) is 67.6. The van der Waals surface area contributed by atoms with Crippen molar-refractivity contribution >= 4 is 0 Å². The summed E-state index contributed by atoms with van der Waals surface area (Å²) in [6.45, 7) is 56.0.